The molecule has 0 spiro atoms. The van der Waals surface area contributed by atoms with E-state index in [1.807, 2.05) is 0 Å². The van der Waals surface area contributed by atoms with E-state index in [9.17, 15) is 9.90 Å². The van der Waals surface area contributed by atoms with E-state index in [4.69, 9.17) is 0 Å². The van der Waals surface area contributed by atoms with Crippen molar-refractivity contribution in [1.82, 2.24) is 25.3 Å². The van der Waals surface area contributed by atoms with Crippen LogP contribution in [0.5, 0.6) is 0 Å². The number of carboxylic acids is 1. The third kappa shape index (κ3) is 2.15. The molecule has 3 heterocycles. The molecule has 2 aromatic heterocycles. The van der Waals surface area contributed by atoms with Crippen LogP contribution >= 0.6 is 0 Å². The number of carboxylic acid groups (broad SMARTS) is 1. The molecule has 2 aromatic rings. The van der Waals surface area contributed by atoms with E-state index in [2.05, 4.69) is 25.3 Å². The quantitative estimate of drug-likeness (QED) is 0.796. The highest BCUT2D eigenvalue weighted by atomic mass is 16.4. The third-order valence-electron chi connectivity index (χ3n) is 2.93. The normalized spacial score (nSPS) is 13.9. The average Bonchev–Trinajstić information content (AvgIpc) is 2.47. The minimum atomic E-state index is -1.04. The van der Waals surface area contributed by atoms with Gasteiger partial charge in [-0.05, 0) is 13.0 Å². The molecule has 0 saturated heterocycles. The molecule has 0 fully saturated rings. The second-order valence-electron chi connectivity index (χ2n) is 4.14. The molecule has 0 unspecified atom stereocenters. The maximum atomic E-state index is 11.3. The van der Waals surface area contributed by atoms with Gasteiger partial charge in [0.25, 0.3) is 0 Å². The molecule has 3 rings (SSSR count). The summed E-state index contributed by atoms with van der Waals surface area (Å²) in [5, 5.41) is 12.4. The lowest BCUT2D eigenvalue weighted by Gasteiger charge is -2.18. The molecule has 0 aliphatic carbocycles. The summed E-state index contributed by atoms with van der Waals surface area (Å²) in [7, 11) is 0. The van der Waals surface area contributed by atoms with Gasteiger partial charge in [-0.1, -0.05) is 0 Å². The number of nitrogens with zero attached hydrogens (tertiary/aromatic N) is 4. The lowest BCUT2D eigenvalue weighted by Crippen LogP contribution is -2.27. The van der Waals surface area contributed by atoms with Gasteiger partial charge in [0, 0.05) is 24.5 Å². The van der Waals surface area contributed by atoms with Crippen molar-refractivity contribution >= 4 is 5.97 Å². The first-order chi connectivity index (χ1) is 9.25. The smallest absolute Gasteiger partial charge is 0.354 e. The molecular weight excluding hydrogens is 246 g/mol. The van der Waals surface area contributed by atoms with Crippen LogP contribution < -0.4 is 5.32 Å². The van der Waals surface area contributed by atoms with Gasteiger partial charge in [-0.3, -0.25) is 4.98 Å². The fourth-order valence-corrected chi connectivity index (χ4v) is 2.07. The van der Waals surface area contributed by atoms with Gasteiger partial charge >= 0.3 is 5.97 Å². The summed E-state index contributed by atoms with van der Waals surface area (Å²) < 4.78 is 0. The Kier molecular flexibility index (Phi) is 2.88. The number of hydrogen-bond donors (Lipinski definition) is 2. The molecule has 7 nitrogen and oxygen atoms in total. The molecule has 19 heavy (non-hydrogen) atoms. The summed E-state index contributed by atoms with van der Waals surface area (Å²) in [6, 6.07) is 0. The maximum absolute atomic E-state index is 11.3. The molecule has 1 aliphatic heterocycles. The minimum Gasteiger partial charge on any atom is -0.476 e. The Balaban J connectivity index is 2.17. The standard InChI is InChI=1S/C12H11N5O2/c18-12(19)10-7-1-2-13-5-8(7)16-11(17-10)9-6-14-3-4-15-9/h3-4,6,13H,1-2,5H2,(H,18,19). The lowest BCUT2D eigenvalue weighted by molar-refractivity contribution is 0.0688. The third-order valence-corrected chi connectivity index (χ3v) is 2.93. The van der Waals surface area contributed by atoms with Gasteiger partial charge in [0.1, 0.15) is 5.69 Å². The zero-order valence-corrected chi connectivity index (χ0v) is 10.00. The summed E-state index contributed by atoms with van der Waals surface area (Å²) in [6.07, 6.45) is 5.21. The first kappa shape index (κ1) is 11.7. The Morgan fingerprint density at radius 1 is 1.32 bits per heavy atom. The predicted molar refractivity (Wildman–Crippen MR) is 65.4 cm³/mol. The van der Waals surface area contributed by atoms with Crippen LogP contribution in [0.4, 0.5) is 0 Å². The van der Waals surface area contributed by atoms with Crippen molar-refractivity contribution in [2.75, 3.05) is 6.54 Å². The molecule has 0 bridgehead atoms. The zero-order valence-electron chi connectivity index (χ0n) is 10.00. The van der Waals surface area contributed by atoms with Crippen LogP contribution in [0.2, 0.25) is 0 Å². The van der Waals surface area contributed by atoms with Crippen molar-refractivity contribution < 1.29 is 9.90 Å². The summed E-state index contributed by atoms with van der Waals surface area (Å²) in [5.74, 6) is -0.737. The van der Waals surface area contributed by atoms with Gasteiger partial charge < -0.3 is 10.4 Å². The number of nitrogens with one attached hydrogen (secondary N) is 1. The van der Waals surface area contributed by atoms with E-state index in [0.29, 0.717) is 30.0 Å². The summed E-state index contributed by atoms with van der Waals surface area (Å²) in [5.41, 5.74) is 1.96. The number of hydrogen-bond acceptors (Lipinski definition) is 6. The molecule has 96 valence electrons. The SMILES string of the molecule is O=C(O)c1nc(-c2cnccn2)nc2c1CCNC2. The topological polar surface area (TPSA) is 101 Å². The van der Waals surface area contributed by atoms with E-state index in [0.717, 1.165) is 12.2 Å². The Morgan fingerprint density at radius 3 is 2.95 bits per heavy atom. The van der Waals surface area contributed by atoms with E-state index < -0.39 is 5.97 Å². The van der Waals surface area contributed by atoms with Crippen molar-refractivity contribution in [3.63, 3.8) is 0 Å². The Hall–Kier alpha value is -2.41. The van der Waals surface area contributed by atoms with Gasteiger partial charge in [-0.2, -0.15) is 0 Å². The second-order valence-corrected chi connectivity index (χ2v) is 4.14. The second kappa shape index (κ2) is 4.69. The molecule has 0 aromatic carbocycles. The summed E-state index contributed by atoms with van der Waals surface area (Å²) >= 11 is 0. The van der Waals surface area contributed by atoms with Gasteiger partial charge in [-0.25, -0.2) is 19.7 Å². The molecule has 0 radical (unpaired) electrons. The fraction of sp³-hybridized carbons (Fsp3) is 0.250. The molecule has 7 heteroatoms. The van der Waals surface area contributed by atoms with Gasteiger partial charge in [0.15, 0.2) is 11.5 Å². The first-order valence-corrected chi connectivity index (χ1v) is 5.86. The van der Waals surface area contributed by atoms with Crippen molar-refractivity contribution in [2.24, 2.45) is 0 Å². The molecule has 0 amide bonds. The highest BCUT2D eigenvalue weighted by Crippen LogP contribution is 2.20. The first-order valence-electron chi connectivity index (χ1n) is 5.86. The van der Waals surface area contributed by atoms with Gasteiger partial charge in [0.05, 0.1) is 11.9 Å². The number of aromatic carboxylic acids is 1. The van der Waals surface area contributed by atoms with E-state index in [-0.39, 0.29) is 5.69 Å². The summed E-state index contributed by atoms with van der Waals surface area (Å²) in [4.78, 5) is 27.9. The highest BCUT2D eigenvalue weighted by molar-refractivity contribution is 5.88. The van der Waals surface area contributed by atoms with Crippen LogP contribution in [0.15, 0.2) is 18.6 Å². The predicted octanol–water partition coefficient (Wildman–Crippen LogP) is 0.277. The zero-order chi connectivity index (χ0) is 13.2. The van der Waals surface area contributed by atoms with Crippen molar-refractivity contribution in [2.45, 2.75) is 13.0 Å². The van der Waals surface area contributed by atoms with Crippen LogP contribution in [-0.2, 0) is 13.0 Å². The summed E-state index contributed by atoms with van der Waals surface area (Å²) in [6.45, 7) is 1.28. The molecule has 0 saturated carbocycles. The van der Waals surface area contributed by atoms with Gasteiger partial charge in [0.2, 0.25) is 0 Å². The molecule has 2 N–H and O–H groups in total. The van der Waals surface area contributed by atoms with Crippen LogP contribution in [-0.4, -0.2) is 37.6 Å². The monoisotopic (exact) mass is 257 g/mol. The Morgan fingerprint density at radius 2 is 2.21 bits per heavy atom. The fourth-order valence-electron chi connectivity index (χ4n) is 2.07. The Labute approximate surface area is 108 Å². The van der Waals surface area contributed by atoms with Crippen LogP contribution in [0.1, 0.15) is 21.7 Å². The van der Waals surface area contributed by atoms with E-state index in [1.165, 1.54) is 12.4 Å². The molecule has 0 atom stereocenters. The maximum Gasteiger partial charge on any atom is 0.354 e. The van der Waals surface area contributed by atoms with Crippen molar-refractivity contribution in [3.05, 3.63) is 35.5 Å². The number of aromatic nitrogens is 4. The number of rotatable bonds is 2. The molecular formula is C12H11N5O2. The lowest BCUT2D eigenvalue weighted by atomic mass is 10.0. The average molecular weight is 257 g/mol. The Bertz CT molecular complexity index is 630. The van der Waals surface area contributed by atoms with Crippen LogP contribution in [0, 0.1) is 0 Å². The minimum absolute atomic E-state index is 0.0622. The van der Waals surface area contributed by atoms with E-state index in [1.54, 1.807) is 6.20 Å². The van der Waals surface area contributed by atoms with Crippen LogP contribution in [0.3, 0.4) is 0 Å². The van der Waals surface area contributed by atoms with Crippen molar-refractivity contribution in [1.29, 1.82) is 0 Å². The number of carbonyl (C=O) groups is 1. The largest absolute Gasteiger partial charge is 0.476 e. The van der Waals surface area contributed by atoms with Gasteiger partial charge in [-0.15, -0.1) is 0 Å². The highest BCUT2D eigenvalue weighted by Gasteiger charge is 2.22. The number of fused-ring (bicyclic) bond motifs is 1. The van der Waals surface area contributed by atoms with Crippen molar-refractivity contribution in [3.8, 4) is 11.5 Å². The van der Waals surface area contributed by atoms with Crippen LogP contribution in [0.25, 0.3) is 11.5 Å². The van der Waals surface area contributed by atoms with E-state index >= 15 is 0 Å². The molecule has 1 aliphatic rings.